The van der Waals surface area contributed by atoms with Gasteiger partial charge in [0.25, 0.3) is 0 Å². The highest BCUT2D eigenvalue weighted by molar-refractivity contribution is 7.16. The molecule has 7 nitrogen and oxygen atoms in total. The van der Waals surface area contributed by atoms with Gasteiger partial charge in [-0.15, -0.1) is 0 Å². The number of aromatic amines is 1. The van der Waals surface area contributed by atoms with Gasteiger partial charge in [-0.2, -0.15) is 0 Å². The van der Waals surface area contributed by atoms with Crippen LogP contribution in [0.15, 0.2) is 77.6 Å². The van der Waals surface area contributed by atoms with Crippen molar-refractivity contribution in [3.05, 3.63) is 99.2 Å². The fraction of sp³-hybridized carbons (Fsp3) is 0.406. The Morgan fingerprint density at radius 1 is 0.975 bits per heavy atom. The van der Waals surface area contributed by atoms with Crippen LogP contribution < -0.4 is 14.9 Å². The van der Waals surface area contributed by atoms with Gasteiger partial charge in [0.05, 0.1) is 24.0 Å². The average molecular weight is 562 g/mol. The zero-order valence-corrected chi connectivity index (χ0v) is 23.7. The van der Waals surface area contributed by atoms with Crippen LogP contribution in [-0.2, 0) is 17.8 Å². The Morgan fingerprint density at radius 3 is 2.45 bits per heavy atom. The number of nitrogens with one attached hydrogen (secondary N) is 2. The molecule has 212 valence electrons. The van der Waals surface area contributed by atoms with E-state index in [0.29, 0.717) is 30.3 Å². The largest absolute Gasteiger partial charge is 0.487 e. The lowest BCUT2D eigenvalue weighted by Gasteiger charge is -2.32. The number of ether oxygens (including phenoxy) is 2. The number of aliphatic hydroxyl groups excluding tert-OH is 1. The summed E-state index contributed by atoms with van der Waals surface area (Å²) in [6, 6.07) is 24.1. The number of H-pyrrole nitrogens is 1. The van der Waals surface area contributed by atoms with Crippen molar-refractivity contribution in [3.8, 4) is 5.75 Å². The van der Waals surface area contributed by atoms with Crippen LogP contribution in [0.3, 0.4) is 0 Å². The Bertz CT molecular complexity index is 1370. The Hall–Kier alpha value is -3.01. The molecule has 0 amide bonds. The van der Waals surface area contributed by atoms with Crippen molar-refractivity contribution >= 4 is 21.6 Å². The first-order valence-electron chi connectivity index (χ1n) is 14.2. The van der Waals surface area contributed by atoms with Gasteiger partial charge in [-0.3, -0.25) is 4.79 Å². The molecule has 4 aromatic rings. The van der Waals surface area contributed by atoms with E-state index >= 15 is 0 Å². The highest BCUT2D eigenvalue weighted by Gasteiger charge is 2.21. The molecule has 1 saturated heterocycles. The van der Waals surface area contributed by atoms with Gasteiger partial charge >= 0.3 is 4.87 Å². The summed E-state index contributed by atoms with van der Waals surface area (Å²) in [5.74, 6) is 1.22. The zero-order valence-electron chi connectivity index (χ0n) is 22.9. The molecule has 0 bridgehead atoms. The van der Waals surface area contributed by atoms with Gasteiger partial charge in [0, 0.05) is 18.7 Å². The first-order chi connectivity index (χ1) is 19.7. The van der Waals surface area contributed by atoms with Gasteiger partial charge in [0.1, 0.15) is 17.9 Å². The molecule has 5 rings (SSSR count). The molecular formula is C32H39N3O4S. The first-order valence-corrected chi connectivity index (χ1v) is 15.0. The van der Waals surface area contributed by atoms with Crippen molar-refractivity contribution in [2.24, 2.45) is 5.92 Å². The number of aliphatic hydroxyl groups is 1. The van der Waals surface area contributed by atoms with Crippen LogP contribution in [0.1, 0.15) is 35.6 Å². The quantitative estimate of drug-likeness (QED) is 0.193. The van der Waals surface area contributed by atoms with E-state index in [-0.39, 0.29) is 4.87 Å². The highest BCUT2D eigenvalue weighted by Crippen LogP contribution is 2.32. The topological polar surface area (TPSA) is 86.8 Å². The second-order valence-corrected chi connectivity index (χ2v) is 11.4. The number of nitrogens with zero attached hydrogens (tertiary/aromatic N) is 1. The number of hydrogen-bond donors (Lipinski definition) is 3. The third kappa shape index (κ3) is 8.02. The summed E-state index contributed by atoms with van der Waals surface area (Å²) in [4.78, 5) is 17.4. The molecule has 0 saturated carbocycles. The molecule has 8 heteroatoms. The van der Waals surface area contributed by atoms with Crippen molar-refractivity contribution < 1.29 is 14.6 Å². The van der Waals surface area contributed by atoms with E-state index < -0.39 is 6.10 Å². The number of aromatic nitrogens is 1. The van der Waals surface area contributed by atoms with Crippen LogP contribution in [0.25, 0.3) is 10.2 Å². The number of piperidine rings is 1. The first kappa shape index (κ1) is 28.5. The van der Waals surface area contributed by atoms with Crippen molar-refractivity contribution in [1.29, 1.82) is 0 Å². The number of rotatable bonds is 14. The van der Waals surface area contributed by atoms with E-state index in [0.717, 1.165) is 85.8 Å². The third-order valence-corrected chi connectivity index (χ3v) is 8.51. The van der Waals surface area contributed by atoms with E-state index in [1.54, 1.807) is 0 Å². The molecule has 1 aliphatic rings. The van der Waals surface area contributed by atoms with Crippen molar-refractivity contribution in [2.45, 2.75) is 32.0 Å². The van der Waals surface area contributed by atoms with Crippen LogP contribution >= 0.6 is 11.3 Å². The van der Waals surface area contributed by atoms with Gasteiger partial charge in [0.15, 0.2) is 0 Å². The Morgan fingerprint density at radius 2 is 1.70 bits per heavy atom. The van der Waals surface area contributed by atoms with Gasteiger partial charge in [-0.05, 0) is 62.0 Å². The molecule has 1 fully saturated rings. The number of benzene rings is 3. The molecule has 3 N–H and O–H groups in total. The highest BCUT2D eigenvalue weighted by atomic mass is 32.1. The van der Waals surface area contributed by atoms with E-state index in [2.05, 4.69) is 39.5 Å². The van der Waals surface area contributed by atoms with Crippen LogP contribution in [0.5, 0.6) is 5.75 Å². The minimum atomic E-state index is -0.703. The maximum absolute atomic E-state index is 12.2. The van der Waals surface area contributed by atoms with Crippen molar-refractivity contribution in [2.75, 3.05) is 45.9 Å². The Labute approximate surface area is 239 Å². The zero-order chi connectivity index (χ0) is 27.6. The second-order valence-electron chi connectivity index (χ2n) is 10.5. The third-order valence-electron chi connectivity index (χ3n) is 7.58. The predicted molar refractivity (Wildman–Crippen MR) is 161 cm³/mol. The average Bonchev–Trinajstić information content (AvgIpc) is 3.39. The van der Waals surface area contributed by atoms with Crippen LogP contribution in [0, 0.1) is 5.92 Å². The van der Waals surface area contributed by atoms with Crippen molar-refractivity contribution in [1.82, 2.24) is 15.2 Å². The van der Waals surface area contributed by atoms with E-state index in [9.17, 15) is 9.90 Å². The Kier molecular flexibility index (Phi) is 10.4. The van der Waals surface area contributed by atoms with Crippen LogP contribution in [0.4, 0.5) is 0 Å². The molecule has 3 aromatic carbocycles. The smallest absolute Gasteiger partial charge is 0.305 e. The fourth-order valence-electron chi connectivity index (χ4n) is 5.23. The molecule has 40 heavy (non-hydrogen) atoms. The number of hydrogen-bond acceptors (Lipinski definition) is 7. The SMILES string of the molecule is O=c1[nH]c2c(OCc3ccccc3)ccc([C@@H](O)CNCC3CCN(CCOCCc4ccccc4)CC3)c2s1. The normalized spacial score (nSPS) is 15.4. The summed E-state index contributed by atoms with van der Waals surface area (Å²) in [7, 11) is 0. The lowest BCUT2D eigenvalue weighted by molar-refractivity contribution is 0.0892. The molecule has 1 aliphatic heterocycles. The molecule has 1 aromatic heterocycles. The number of likely N-dealkylation sites (tertiary alicyclic amines) is 1. The fourth-order valence-corrected chi connectivity index (χ4v) is 6.14. The Balaban J connectivity index is 1.02. The number of thiazole rings is 1. The molecule has 0 spiro atoms. The summed E-state index contributed by atoms with van der Waals surface area (Å²) in [6.45, 7) is 6.42. The van der Waals surface area contributed by atoms with Gasteiger partial charge < -0.3 is 29.8 Å². The minimum Gasteiger partial charge on any atom is -0.487 e. The standard InChI is InChI=1S/C32H39N3O4S/c36-28(27-11-12-29(30-31(27)40-32(37)34-30)39-23-26-9-5-2-6-10-26)22-33-21-25-13-16-35(17-14-25)18-20-38-19-15-24-7-3-1-4-8-24/h1-12,25,28,33,36H,13-23H2,(H,34,37)/t28-/m0/s1. The molecule has 1 atom stereocenters. The lowest BCUT2D eigenvalue weighted by Crippen LogP contribution is -2.39. The van der Waals surface area contributed by atoms with E-state index in [4.69, 9.17) is 9.47 Å². The predicted octanol–water partition coefficient (Wildman–Crippen LogP) is 4.76. The van der Waals surface area contributed by atoms with Gasteiger partial charge in [0.2, 0.25) is 0 Å². The summed E-state index contributed by atoms with van der Waals surface area (Å²) in [5.41, 5.74) is 3.78. The molecule has 0 radical (unpaired) electrons. The van der Waals surface area contributed by atoms with Gasteiger partial charge in [-0.25, -0.2) is 0 Å². The van der Waals surface area contributed by atoms with E-state index in [1.165, 1.54) is 5.56 Å². The van der Waals surface area contributed by atoms with Crippen LogP contribution in [0.2, 0.25) is 0 Å². The molecular weight excluding hydrogens is 522 g/mol. The summed E-state index contributed by atoms with van der Waals surface area (Å²) < 4.78 is 12.6. The molecule has 0 aliphatic carbocycles. The molecule has 2 heterocycles. The van der Waals surface area contributed by atoms with E-state index in [1.807, 2.05) is 48.5 Å². The van der Waals surface area contributed by atoms with Crippen LogP contribution in [-0.4, -0.2) is 60.9 Å². The summed E-state index contributed by atoms with van der Waals surface area (Å²) in [5, 5.41) is 14.4. The second kappa shape index (κ2) is 14.6. The monoisotopic (exact) mass is 561 g/mol. The summed E-state index contributed by atoms with van der Waals surface area (Å²) in [6.07, 6.45) is 2.54. The minimum absolute atomic E-state index is 0.152. The van der Waals surface area contributed by atoms with Crippen molar-refractivity contribution in [3.63, 3.8) is 0 Å². The maximum atomic E-state index is 12.2. The maximum Gasteiger partial charge on any atom is 0.305 e. The summed E-state index contributed by atoms with van der Waals surface area (Å²) >= 11 is 1.12. The van der Waals surface area contributed by atoms with Gasteiger partial charge in [-0.1, -0.05) is 78.1 Å². The number of fused-ring (bicyclic) bond motifs is 1. The molecule has 0 unspecified atom stereocenters. The lowest BCUT2D eigenvalue weighted by atomic mass is 9.96.